The molecule has 1 fully saturated rings. The summed E-state index contributed by atoms with van der Waals surface area (Å²) in [7, 11) is 0. The fourth-order valence-electron chi connectivity index (χ4n) is 2.71. The average Bonchev–Trinajstić information content (AvgIpc) is 2.93. The number of carboxylic acids is 1. The van der Waals surface area contributed by atoms with Gasteiger partial charge in [0.2, 0.25) is 0 Å². The molecule has 1 saturated heterocycles. The van der Waals surface area contributed by atoms with Crippen molar-refractivity contribution in [1.29, 1.82) is 0 Å². The Hall–Kier alpha value is -0.870. The molecule has 0 amide bonds. The van der Waals surface area contributed by atoms with Crippen molar-refractivity contribution >= 4 is 5.97 Å². The zero-order valence-electron chi connectivity index (χ0n) is 14.0. The van der Waals surface area contributed by atoms with E-state index in [9.17, 15) is 4.79 Å². The van der Waals surface area contributed by atoms with E-state index in [-0.39, 0.29) is 6.42 Å². The third-order valence-electron chi connectivity index (χ3n) is 4.17. The van der Waals surface area contributed by atoms with Crippen LogP contribution in [-0.2, 0) is 14.3 Å². The molecular weight excluding hydrogens is 280 g/mol. The summed E-state index contributed by atoms with van der Waals surface area (Å²) in [6, 6.07) is 0. The Labute approximate surface area is 134 Å². The van der Waals surface area contributed by atoms with E-state index in [0.717, 1.165) is 52.1 Å². The number of hydrogen-bond acceptors (Lipinski definition) is 3. The van der Waals surface area contributed by atoms with Gasteiger partial charge in [-0.1, -0.05) is 38.3 Å². The molecule has 1 rings (SSSR count). The molecular formula is C18H32O4. The molecule has 0 aromatic carbocycles. The second-order valence-corrected chi connectivity index (χ2v) is 6.19. The summed E-state index contributed by atoms with van der Waals surface area (Å²) in [5.74, 6) is 0.343. The van der Waals surface area contributed by atoms with Gasteiger partial charge in [0, 0.05) is 18.9 Å². The van der Waals surface area contributed by atoms with Crippen LogP contribution in [0.25, 0.3) is 0 Å². The first-order valence-electron chi connectivity index (χ1n) is 8.76. The molecule has 0 bridgehead atoms. The largest absolute Gasteiger partial charge is 0.481 e. The minimum absolute atomic E-state index is 0.255. The van der Waals surface area contributed by atoms with E-state index in [0.29, 0.717) is 11.8 Å². The van der Waals surface area contributed by atoms with Gasteiger partial charge in [0.25, 0.3) is 0 Å². The van der Waals surface area contributed by atoms with Crippen molar-refractivity contribution in [3.63, 3.8) is 0 Å². The molecule has 1 N–H and O–H groups in total. The van der Waals surface area contributed by atoms with Gasteiger partial charge in [0.05, 0.1) is 19.8 Å². The third-order valence-corrected chi connectivity index (χ3v) is 4.17. The molecule has 1 heterocycles. The molecule has 0 spiro atoms. The smallest absolute Gasteiger partial charge is 0.303 e. The Bertz CT molecular complexity index is 314. The highest BCUT2D eigenvalue weighted by Crippen LogP contribution is 2.25. The highest BCUT2D eigenvalue weighted by Gasteiger charge is 2.27. The number of allylic oxidation sites excluding steroid dienone is 2. The van der Waals surface area contributed by atoms with Gasteiger partial charge in [-0.05, 0) is 31.6 Å². The maximum absolute atomic E-state index is 10.4. The monoisotopic (exact) mass is 312 g/mol. The predicted octanol–water partition coefficient (Wildman–Crippen LogP) is 4.05. The van der Waals surface area contributed by atoms with Crippen LogP contribution in [0, 0.1) is 11.8 Å². The predicted molar refractivity (Wildman–Crippen MR) is 88.0 cm³/mol. The van der Waals surface area contributed by atoms with E-state index in [4.69, 9.17) is 14.6 Å². The zero-order chi connectivity index (χ0) is 16.0. The minimum Gasteiger partial charge on any atom is -0.481 e. The van der Waals surface area contributed by atoms with E-state index in [1.807, 2.05) is 0 Å². The number of unbranched alkanes of at least 4 members (excludes halogenated alkanes) is 4. The second-order valence-electron chi connectivity index (χ2n) is 6.19. The second kappa shape index (κ2) is 12.7. The van der Waals surface area contributed by atoms with Crippen molar-refractivity contribution in [2.24, 2.45) is 11.8 Å². The normalized spacial score (nSPS) is 21.7. The summed E-state index contributed by atoms with van der Waals surface area (Å²) in [5, 5.41) is 8.57. The van der Waals surface area contributed by atoms with Crippen LogP contribution in [0.15, 0.2) is 12.2 Å². The Morgan fingerprint density at radius 2 is 2.00 bits per heavy atom. The topological polar surface area (TPSA) is 55.8 Å². The van der Waals surface area contributed by atoms with E-state index in [2.05, 4.69) is 19.1 Å². The standard InChI is InChI=1S/C18H32O4/c1-2-3-4-9-12-21-14-17-15-22-13-16(17)10-7-5-6-8-11-18(19)20/h5,7,16-17H,2-4,6,8-15H2,1H3,(H,19,20)/b7-5-/t16-,17-/m0/s1. The fourth-order valence-corrected chi connectivity index (χ4v) is 2.71. The molecule has 0 unspecified atom stereocenters. The highest BCUT2D eigenvalue weighted by molar-refractivity contribution is 5.66. The lowest BCUT2D eigenvalue weighted by molar-refractivity contribution is -0.137. The van der Waals surface area contributed by atoms with Crippen LogP contribution in [0.2, 0.25) is 0 Å². The lowest BCUT2D eigenvalue weighted by Gasteiger charge is -2.16. The number of aliphatic carboxylic acids is 1. The minimum atomic E-state index is -0.714. The molecule has 1 aliphatic heterocycles. The molecule has 0 radical (unpaired) electrons. The molecule has 2 atom stereocenters. The molecule has 128 valence electrons. The highest BCUT2D eigenvalue weighted by atomic mass is 16.5. The fraction of sp³-hybridized carbons (Fsp3) is 0.833. The van der Waals surface area contributed by atoms with Crippen molar-refractivity contribution in [3.8, 4) is 0 Å². The van der Waals surface area contributed by atoms with Gasteiger partial charge < -0.3 is 14.6 Å². The number of ether oxygens (including phenoxy) is 2. The maximum Gasteiger partial charge on any atom is 0.303 e. The van der Waals surface area contributed by atoms with Crippen LogP contribution < -0.4 is 0 Å². The van der Waals surface area contributed by atoms with E-state index in [1.54, 1.807) is 0 Å². The van der Waals surface area contributed by atoms with Gasteiger partial charge in [-0.15, -0.1) is 0 Å². The number of carboxylic acid groups (broad SMARTS) is 1. The van der Waals surface area contributed by atoms with Gasteiger partial charge in [-0.2, -0.15) is 0 Å². The molecule has 4 heteroatoms. The summed E-state index contributed by atoms with van der Waals surface area (Å²) in [6.07, 6.45) is 12.1. The van der Waals surface area contributed by atoms with Gasteiger partial charge in [-0.3, -0.25) is 4.79 Å². The Morgan fingerprint density at radius 3 is 2.77 bits per heavy atom. The molecule has 1 aliphatic rings. The average molecular weight is 312 g/mol. The van der Waals surface area contributed by atoms with Crippen LogP contribution in [0.5, 0.6) is 0 Å². The lowest BCUT2D eigenvalue weighted by Crippen LogP contribution is -2.18. The van der Waals surface area contributed by atoms with Crippen molar-refractivity contribution in [2.75, 3.05) is 26.4 Å². The number of carbonyl (C=O) groups is 1. The first-order valence-corrected chi connectivity index (χ1v) is 8.76. The number of rotatable bonds is 13. The van der Waals surface area contributed by atoms with E-state index < -0.39 is 5.97 Å². The van der Waals surface area contributed by atoms with Crippen LogP contribution >= 0.6 is 0 Å². The van der Waals surface area contributed by atoms with Crippen LogP contribution in [0.1, 0.15) is 58.3 Å². The molecule has 0 aliphatic carbocycles. The first-order chi connectivity index (χ1) is 10.7. The Kier molecular flexibility index (Phi) is 11.0. The van der Waals surface area contributed by atoms with E-state index >= 15 is 0 Å². The molecule has 0 saturated carbocycles. The Balaban J connectivity index is 2.07. The van der Waals surface area contributed by atoms with Gasteiger partial charge in [-0.25, -0.2) is 0 Å². The van der Waals surface area contributed by atoms with Crippen molar-refractivity contribution < 1.29 is 19.4 Å². The van der Waals surface area contributed by atoms with Gasteiger partial charge in [0.1, 0.15) is 0 Å². The summed E-state index contributed by atoms with van der Waals surface area (Å²) >= 11 is 0. The molecule has 0 aromatic heterocycles. The van der Waals surface area contributed by atoms with E-state index in [1.165, 1.54) is 19.3 Å². The zero-order valence-corrected chi connectivity index (χ0v) is 14.0. The summed E-state index contributed by atoms with van der Waals surface area (Å²) in [6.45, 7) is 5.53. The summed E-state index contributed by atoms with van der Waals surface area (Å²) in [5.41, 5.74) is 0. The summed E-state index contributed by atoms with van der Waals surface area (Å²) < 4.78 is 11.4. The third kappa shape index (κ3) is 9.21. The SMILES string of the molecule is CCCCCCOC[C@H]1COC[C@@H]1C/C=C\CCCC(=O)O. The number of hydrogen-bond donors (Lipinski definition) is 1. The quantitative estimate of drug-likeness (QED) is 0.412. The van der Waals surface area contributed by atoms with Crippen molar-refractivity contribution in [3.05, 3.63) is 12.2 Å². The van der Waals surface area contributed by atoms with Crippen LogP contribution in [0.3, 0.4) is 0 Å². The molecule has 22 heavy (non-hydrogen) atoms. The maximum atomic E-state index is 10.4. The Morgan fingerprint density at radius 1 is 1.18 bits per heavy atom. The molecule has 4 nitrogen and oxygen atoms in total. The lowest BCUT2D eigenvalue weighted by atomic mass is 9.93. The van der Waals surface area contributed by atoms with Crippen LogP contribution in [-0.4, -0.2) is 37.5 Å². The van der Waals surface area contributed by atoms with Gasteiger partial charge >= 0.3 is 5.97 Å². The van der Waals surface area contributed by atoms with Crippen LogP contribution in [0.4, 0.5) is 0 Å². The van der Waals surface area contributed by atoms with Crippen molar-refractivity contribution in [2.45, 2.75) is 58.3 Å². The first kappa shape index (κ1) is 19.2. The molecule has 0 aromatic rings. The van der Waals surface area contributed by atoms with Crippen molar-refractivity contribution in [1.82, 2.24) is 0 Å². The summed E-state index contributed by atoms with van der Waals surface area (Å²) in [4.78, 5) is 10.4. The van der Waals surface area contributed by atoms with Gasteiger partial charge in [0.15, 0.2) is 0 Å².